The second kappa shape index (κ2) is 33.2. The number of hydrogen-bond donors (Lipinski definition) is 4. The van der Waals surface area contributed by atoms with E-state index in [1.54, 1.807) is 6.07 Å². The number of amides is 1. The maximum atomic E-state index is 11.9. The average molecular weight is 963 g/mol. The van der Waals surface area contributed by atoms with E-state index in [4.69, 9.17) is 20.4 Å². The van der Waals surface area contributed by atoms with E-state index < -0.39 is 12.5 Å². The topological polar surface area (TPSA) is 155 Å². The third-order valence-electron chi connectivity index (χ3n) is 8.89. The number of alkyl halides is 2. The number of aliphatic hydroxyl groups is 2. The maximum absolute atomic E-state index is 11.9. The number of nitrogens with two attached hydrogens (primary N) is 1. The van der Waals surface area contributed by atoms with Crippen LogP contribution in [0, 0.1) is 24.7 Å². The van der Waals surface area contributed by atoms with E-state index in [9.17, 15) is 23.2 Å². The van der Waals surface area contributed by atoms with E-state index in [1.807, 2.05) is 45.9 Å². The van der Waals surface area contributed by atoms with E-state index in [-0.39, 0.29) is 12.5 Å². The molecule has 4 rings (SSSR count). The number of anilines is 1. The van der Waals surface area contributed by atoms with Crippen molar-refractivity contribution < 1.29 is 42.5 Å². The molecule has 5 N–H and O–H groups in total. The summed E-state index contributed by atoms with van der Waals surface area (Å²) in [6.07, 6.45) is 10.9. The number of rotatable bonds is 14. The van der Waals surface area contributed by atoms with Gasteiger partial charge in [-0.3, -0.25) is 9.59 Å². The Balaban J connectivity index is -0.000000590. The summed E-state index contributed by atoms with van der Waals surface area (Å²) < 4.78 is 33.5. The molecule has 2 aliphatic rings. The number of carbonyl (C=O) groups is 3. The molecular formula is C38H67CmF2N3O7. The Morgan fingerprint density at radius 3 is 2.20 bits per heavy atom. The number of ether oxygens (including phenoxy) is 1. The predicted octanol–water partition coefficient (Wildman–Crippen LogP) is 7.37. The first-order valence-electron chi connectivity index (χ1n) is 18.1. The van der Waals surface area contributed by atoms with Crippen molar-refractivity contribution in [2.45, 2.75) is 124 Å². The van der Waals surface area contributed by atoms with Gasteiger partial charge in [-0.1, -0.05) is 59.3 Å². The van der Waals surface area contributed by atoms with Gasteiger partial charge >= 0.3 is 0 Å². The molecule has 4 atom stereocenters. The molecule has 0 spiro atoms. The first-order valence-corrected chi connectivity index (χ1v) is 18.1. The summed E-state index contributed by atoms with van der Waals surface area (Å²) in [6.45, 7) is 12.3. The number of carbonyl (C=O) groups excluding carboxylic acids is 3. The summed E-state index contributed by atoms with van der Waals surface area (Å²) in [7, 11) is 3.29. The van der Waals surface area contributed by atoms with E-state index in [0.717, 1.165) is 60.1 Å². The molecule has 1 amide bonds. The number of furan rings is 1. The van der Waals surface area contributed by atoms with Gasteiger partial charge in [0.05, 0.1) is 12.6 Å². The standard InChI is InChI=1S/C12H23N.C10H9NO2.C9H17F2NO.C4H8O3.C2H6.CH4O.Cm/c1-10-12(8-9-13(10)2)11-6-4-3-5-7-11;1-7-4-8-5-9(11-6-12)2-3-10(8)13-7;1-2-7(6-13)4-3-5-8(12)9(10)11;5-2-1-3-7-4-6;2*1-2;/h10-12H,3-9H2,1-2H3;2-6H,1H3,(H,11,12);6-9H,2-5,12H2,1H3;4-5H,1-3H2;1-2H3;2H,1H3;. The Labute approximate surface area is 299 Å². The molecule has 51 heavy (non-hydrogen) atoms. The summed E-state index contributed by atoms with van der Waals surface area (Å²) in [5.74, 6) is 2.96. The molecule has 298 valence electrons. The van der Waals surface area contributed by atoms with Crippen LogP contribution in [0.15, 0.2) is 28.7 Å². The van der Waals surface area contributed by atoms with Gasteiger partial charge in [0.2, 0.25) is 6.41 Å². The summed E-state index contributed by atoms with van der Waals surface area (Å²) in [5, 5.41) is 18.7. The number of nitrogens with zero attached hydrogens (tertiary/aromatic N) is 1. The fourth-order valence-electron chi connectivity index (χ4n) is 5.96. The third kappa shape index (κ3) is 22.5. The number of nitrogens with one attached hydrogen (secondary N) is 1. The average Bonchev–Trinajstić information content (AvgIpc) is 3.69. The first-order chi connectivity index (χ1) is 24.1. The van der Waals surface area contributed by atoms with Gasteiger partial charge in [-0.2, -0.15) is 0 Å². The zero-order valence-corrected chi connectivity index (χ0v) is 34.9. The number of fused-ring (bicyclic) bond motifs is 1. The van der Waals surface area contributed by atoms with Crippen LogP contribution in [-0.4, -0.2) is 86.7 Å². The molecule has 2 heterocycles. The van der Waals surface area contributed by atoms with Gasteiger partial charge < -0.3 is 40.1 Å². The van der Waals surface area contributed by atoms with Crippen molar-refractivity contribution in [2.24, 2.45) is 23.5 Å². The van der Waals surface area contributed by atoms with Gasteiger partial charge in [-0.05, 0) is 89.2 Å². The number of halogens is 2. The number of aliphatic hydroxyl groups excluding tert-OH is 2. The van der Waals surface area contributed by atoms with E-state index >= 15 is 0 Å². The minimum Gasteiger partial charge on any atom is -0.468 e. The quantitative estimate of drug-likeness (QED) is 0.112. The molecule has 10 nitrogen and oxygen atoms in total. The van der Waals surface area contributed by atoms with Crippen molar-refractivity contribution in [1.82, 2.24) is 4.90 Å². The molecule has 1 aromatic heterocycles. The molecule has 2 fully saturated rings. The first kappa shape index (κ1) is 51.4. The van der Waals surface area contributed by atoms with Crippen LogP contribution in [0.25, 0.3) is 11.0 Å². The second-order valence-electron chi connectivity index (χ2n) is 12.2. The summed E-state index contributed by atoms with van der Waals surface area (Å²) in [5.41, 5.74) is 6.77. The molecule has 2 aromatic rings. The van der Waals surface area contributed by atoms with E-state index in [0.29, 0.717) is 45.2 Å². The molecule has 1 saturated carbocycles. The number of hydrogen-bond acceptors (Lipinski definition) is 9. The minimum atomic E-state index is -2.45. The van der Waals surface area contributed by atoms with Crippen LogP contribution in [0.1, 0.15) is 104 Å². The minimum absolute atomic E-state index is 0. The number of aldehydes is 1. The van der Waals surface area contributed by atoms with Crippen LogP contribution in [-0.2, 0) is 19.1 Å². The smallest absolute Gasteiger partial charge is 0.293 e. The van der Waals surface area contributed by atoms with Gasteiger partial charge in [0.1, 0.15) is 17.6 Å². The molecule has 0 bridgehead atoms. The fraction of sp³-hybridized carbons (Fsp3) is 0.711. The van der Waals surface area contributed by atoms with Crippen LogP contribution in [0.3, 0.4) is 0 Å². The Kier molecular flexibility index (Phi) is 33.5. The van der Waals surface area contributed by atoms with Crippen molar-refractivity contribution >= 4 is 35.8 Å². The second-order valence-corrected chi connectivity index (χ2v) is 12.2. The zero-order valence-electron chi connectivity index (χ0n) is 32.0. The van der Waals surface area contributed by atoms with Crippen molar-refractivity contribution in [3.05, 3.63) is 30.0 Å². The van der Waals surface area contributed by atoms with Crippen LogP contribution < -0.4 is 11.1 Å². The molecule has 4 unspecified atom stereocenters. The maximum Gasteiger partial charge on any atom is 0.293 e. The molecule has 1 aromatic carbocycles. The monoisotopic (exact) mass is 959 g/mol. The summed E-state index contributed by atoms with van der Waals surface area (Å²) in [4.78, 5) is 32.5. The largest absolute Gasteiger partial charge is 0.468 e. The Morgan fingerprint density at radius 2 is 1.71 bits per heavy atom. The molecule has 13 heteroatoms. The molecule has 1 aliphatic heterocycles. The van der Waals surface area contributed by atoms with E-state index in [1.165, 1.54) is 45.1 Å². The fourth-order valence-corrected chi connectivity index (χ4v) is 5.96. The zero-order chi connectivity index (χ0) is 38.3. The number of aryl methyl sites for hydroxylation is 1. The van der Waals surface area contributed by atoms with Gasteiger partial charge in [0.15, 0.2) is 0 Å². The van der Waals surface area contributed by atoms with E-state index in [2.05, 4.69) is 28.9 Å². The molecule has 1 saturated heterocycles. The van der Waals surface area contributed by atoms with Crippen LogP contribution >= 0.6 is 0 Å². The van der Waals surface area contributed by atoms with Crippen LogP contribution in [0.5, 0.6) is 0 Å². The SMILES string of the molecule is CC.CC1C(C2CCCCC2)CCN1C.CCC(C=O)CCCC(N)C(F)F.CO.Cc1cc2cc(NC=O)ccc2o1.O=COCCCO.[Cm]. The van der Waals surface area contributed by atoms with Crippen molar-refractivity contribution in [1.29, 1.82) is 0 Å². The normalized spacial score (nSPS) is 17.7. The van der Waals surface area contributed by atoms with Crippen molar-refractivity contribution in [3.63, 3.8) is 0 Å². The van der Waals surface area contributed by atoms with Gasteiger partial charge in [0, 0.05) is 43.2 Å². The summed E-state index contributed by atoms with van der Waals surface area (Å²) in [6, 6.07) is 7.27. The Morgan fingerprint density at radius 1 is 1.06 bits per heavy atom. The number of likely N-dealkylation sites (tertiary alicyclic amines) is 1. The van der Waals surface area contributed by atoms with Gasteiger partial charge in [-0.15, -0.1) is 0 Å². The van der Waals surface area contributed by atoms with Crippen molar-refractivity contribution in [3.8, 4) is 0 Å². The molecular weight excluding hydrogens is 895 g/mol. The van der Waals surface area contributed by atoms with Crippen LogP contribution in [0.4, 0.5) is 14.5 Å². The predicted molar refractivity (Wildman–Crippen MR) is 198 cm³/mol. The van der Waals surface area contributed by atoms with Crippen LogP contribution in [0.2, 0.25) is 0 Å². The molecule has 1 aliphatic carbocycles. The number of benzene rings is 1. The van der Waals surface area contributed by atoms with Crippen molar-refractivity contribution in [2.75, 3.05) is 39.2 Å². The summed E-state index contributed by atoms with van der Waals surface area (Å²) >= 11 is 0. The van der Waals surface area contributed by atoms with Gasteiger partial charge in [-0.25, -0.2) is 8.78 Å². The van der Waals surface area contributed by atoms with Gasteiger partial charge in [0.25, 0.3) is 12.9 Å². The third-order valence-corrected chi connectivity index (χ3v) is 8.89. The Hall–Kier alpha value is -3.93. The molecule has 0 radical (unpaired) electrons. The Bertz CT molecular complexity index is 1110.